The van der Waals surface area contributed by atoms with Crippen LogP contribution in [0.4, 0.5) is 0 Å². The number of hydrogen-bond donors (Lipinski definition) is 1. The molecule has 0 aromatic heterocycles. The first-order valence-corrected chi connectivity index (χ1v) is 9.85. The first-order chi connectivity index (χ1) is 8.77. The topological polar surface area (TPSA) is 0 Å². The Kier molecular flexibility index (Phi) is 17.1. The molecule has 18 heavy (non-hydrogen) atoms. The van der Waals surface area contributed by atoms with Gasteiger partial charge in [-0.25, -0.2) is 0 Å². The van der Waals surface area contributed by atoms with E-state index in [1.807, 2.05) is 0 Å². The predicted octanol–water partition coefficient (Wildman–Crippen LogP) is 7.16. The van der Waals surface area contributed by atoms with Crippen molar-refractivity contribution in [3.05, 3.63) is 0 Å². The molecule has 0 aliphatic rings. The largest absolute Gasteiger partial charge is 0.165 e. The molecule has 0 spiro atoms. The Hall–Kier alpha value is 1.08. The third-order valence-electron chi connectivity index (χ3n) is 3.55. The molecule has 1 unspecified atom stereocenters. The lowest BCUT2D eigenvalue weighted by Gasteiger charge is -2.03. The number of unbranched alkanes of at least 4 members (excludes halogenated alkanes) is 12. The third-order valence-corrected chi connectivity index (χ3v) is 4.43. The zero-order valence-corrected chi connectivity index (χ0v) is 15.4. The van der Waals surface area contributed by atoms with Gasteiger partial charge in [0, 0.05) is 0 Å². The van der Waals surface area contributed by atoms with E-state index in [-0.39, 0.29) is 0 Å². The van der Waals surface area contributed by atoms with Crippen molar-refractivity contribution in [2.45, 2.75) is 100 Å². The van der Waals surface area contributed by atoms with Gasteiger partial charge in [0.15, 0.2) is 0 Å². The van der Waals surface area contributed by atoms with E-state index in [1.54, 1.807) is 0 Å². The highest BCUT2D eigenvalue weighted by Crippen LogP contribution is 2.16. The van der Waals surface area contributed by atoms with Crippen LogP contribution in [0.3, 0.4) is 0 Å². The fourth-order valence-corrected chi connectivity index (χ4v) is 2.95. The zero-order chi connectivity index (χ0) is 13.5. The predicted molar refractivity (Wildman–Crippen MR) is 97.1 cm³/mol. The van der Waals surface area contributed by atoms with Crippen molar-refractivity contribution in [1.82, 2.24) is 0 Å². The van der Waals surface area contributed by atoms with Crippen LogP contribution in [0.25, 0.3) is 0 Å². The molecule has 0 aliphatic carbocycles. The standard InChI is InChI=1S/C16H33IS/c1-2-3-4-5-6-7-8-9-10-11-12-13-14-15-16(17)18/h16,18H,2-15H2,1H3. The van der Waals surface area contributed by atoms with Gasteiger partial charge in [-0.05, 0) is 6.42 Å². The van der Waals surface area contributed by atoms with E-state index in [4.69, 9.17) is 0 Å². The molecule has 1 atom stereocenters. The average Bonchev–Trinajstić information content (AvgIpc) is 2.34. The fourth-order valence-electron chi connectivity index (χ4n) is 2.33. The van der Waals surface area contributed by atoms with Gasteiger partial charge in [0.05, 0.1) is 3.26 Å². The van der Waals surface area contributed by atoms with Crippen LogP contribution in [-0.2, 0) is 0 Å². The Labute approximate surface area is 135 Å². The fraction of sp³-hybridized carbons (Fsp3) is 1.00. The van der Waals surface area contributed by atoms with E-state index in [0.717, 1.165) is 0 Å². The molecule has 110 valence electrons. The first kappa shape index (κ1) is 19.1. The second-order valence-electron chi connectivity index (χ2n) is 5.47. The Morgan fingerprint density at radius 2 is 1.00 bits per heavy atom. The van der Waals surface area contributed by atoms with E-state index >= 15 is 0 Å². The van der Waals surface area contributed by atoms with Gasteiger partial charge in [-0.3, -0.25) is 0 Å². The average molecular weight is 384 g/mol. The third kappa shape index (κ3) is 17.1. The highest BCUT2D eigenvalue weighted by molar-refractivity contribution is 14.1. The van der Waals surface area contributed by atoms with Crippen molar-refractivity contribution in [3.63, 3.8) is 0 Å². The van der Waals surface area contributed by atoms with E-state index < -0.39 is 0 Å². The molecule has 0 bridgehead atoms. The van der Waals surface area contributed by atoms with Gasteiger partial charge in [0.2, 0.25) is 0 Å². The van der Waals surface area contributed by atoms with Gasteiger partial charge in [-0.15, -0.1) is 0 Å². The van der Waals surface area contributed by atoms with Gasteiger partial charge in [0.25, 0.3) is 0 Å². The number of thiol groups is 1. The summed E-state index contributed by atoms with van der Waals surface area (Å²) in [6, 6.07) is 0. The minimum atomic E-state index is 0.565. The lowest BCUT2D eigenvalue weighted by Crippen LogP contribution is -1.86. The molecule has 0 aromatic rings. The van der Waals surface area contributed by atoms with Crippen molar-refractivity contribution in [3.8, 4) is 0 Å². The molecule has 0 radical (unpaired) electrons. The summed E-state index contributed by atoms with van der Waals surface area (Å²) in [6.45, 7) is 2.29. The van der Waals surface area contributed by atoms with E-state index in [0.29, 0.717) is 3.26 Å². The van der Waals surface area contributed by atoms with Crippen molar-refractivity contribution < 1.29 is 0 Å². The summed E-state index contributed by atoms with van der Waals surface area (Å²) in [5, 5.41) is 0. The summed E-state index contributed by atoms with van der Waals surface area (Å²) >= 11 is 6.80. The van der Waals surface area contributed by atoms with Crippen LogP contribution in [0.5, 0.6) is 0 Å². The molecule has 0 rings (SSSR count). The van der Waals surface area contributed by atoms with Crippen LogP contribution < -0.4 is 0 Å². The second-order valence-corrected chi connectivity index (χ2v) is 8.58. The minimum Gasteiger partial charge on any atom is -0.165 e. The molecule has 0 saturated heterocycles. The molecule has 0 aliphatic heterocycles. The maximum atomic E-state index is 4.40. The second kappa shape index (κ2) is 16.1. The number of rotatable bonds is 14. The normalized spacial score (nSPS) is 12.8. The summed E-state index contributed by atoms with van der Waals surface area (Å²) in [5.74, 6) is 0. The number of halogens is 1. The number of alkyl halides is 1. The smallest absolute Gasteiger partial charge is 0.0534 e. The van der Waals surface area contributed by atoms with Crippen molar-refractivity contribution >= 4 is 35.2 Å². The van der Waals surface area contributed by atoms with Crippen LogP contribution in [0.15, 0.2) is 0 Å². The molecule has 0 amide bonds. The Bertz CT molecular complexity index is 148. The monoisotopic (exact) mass is 384 g/mol. The Balaban J connectivity index is 2.90. The molecule has 0 nitrogen and oxygen atoms in total. The maximum absolute atomic E-state index is 4.40. The molecule has 0 fully saturated rings. The lowest BCUT2D eigenvalue weighted by atomic mass is 10.0. The summed E-state index contributed by atoms with van der Waals surface area (Å²) in [7, 11) is 0. The first-order valence-electron chi connectivity index (χ1n) is 8.09. The molecule has 0 saturated carbocycles. The van der Waals surface area contributed by atoms with E-state index in [2.05, 4.69) is 42.1 Å². The minimum absolute atomic E-state index is 0.565. The summed E-state index contributed by atoms with van der Waals surface area (Å²) in [5.41, 5.74) is 0. The van der Waals surface area contributed by atoms with E-state index in [1.165, 1.54) is 89.9 Å². The summed E-state index contributed by atoms with van der Waals surface area (Å²) < 4.78 is 0.565. The highest BCUT2D eigenvalue weighted by atomic mass is 127. The SMILES string of the molecule is CCCCCCCCCCCCCCCC(S)I. The van der Waals surface area contributed by atoms with Gasteiger partial charge < -0.3 is 0 Å². The van der Waals surface area contributed by atoms with Crippen LogP contribution >= 0.6 is 35.2 Å². The van der Waals surface area contributed by atoms with Gasteiger partial charge in [-0.1, -0.05) is 113 Å². The van der Waals surface area contributed by atoms with Crippen LogP contribution in [-0.4, -0.2) is 3.26 Å². The quantitative estimate of drug-likeness (QED) is 0.140. The zero-order valence-electron chi connectivity index (χ0n) is 12.3. The summed E-state index contributed by atoms with van der Waals surface area (Å²) in [6.07, 6.45) is 20.0. The Morgan fingerprint density at radius 3 is 1.33 bits per heavy atom. The molecule has 0 N–H and O–H groups in total. The van der Waals surface area contributed by atoms with Crippen molar-refractivity contribution in [2.24, 2.45) is 0 Å². The van der Waals surface area contributed by atoms with Gasteiger partial charge in [0.1, 0.15) is 0 Å². The summed E-state index contributed by atoms with van der Waals surface area (Å²) in [4.78, 5) is 0. The Morgan fingerprint density at radius 1 is 0.667 bits per heavy atom. The molecule has 0 aromatic carbocycles. The van der Waals surface area contributed by atoms with E-state index in [9.17, 15) is 0 Å². The maximum Gasteiger partial charge on any atom is 0.0534 e. The van der Waals surface area contributed by atoms with Crippen molar-refractivity contribution in [2.75, 3.05) is 0 Å². The van der Waals surface area contributed by atoms with Crippen LogP contribution in [0.1, 0.15) is 96.8 Å². The molecule has 0 heterocycles. The van der Waals surface area contributed by atoms with Crippen molar-refractivity contribution in [1.29, 1.82) is 0 Å². The number of hydrogen-bond acceptors (Lipinski definition) is 1. The highest BCUT2D eigenvalue weighted by Gasteiger charge is 1.96. The molecular formula is C16H33IS. The van der Waals surface area contributed by atoms with Crippen LogP contribution in [0.2, 0.25) is 0 Å². The van der Waals surface area contributed by atoms with Gasteiger partial charge >= 0.3 is 0 Å². The molecular weight excluding hydrogens is 351 g/mol. The molecule has 2 heteroatoms. The van der Waals surface area contributed by atoms with Gasteiger partial charge in [-0.2, -0.15) is 12.6 Å². The lowest BCUT2D eigenvalue weighted by molar-refractivity contribution is 0.538. The van der Waals surface area contributed by atoms with Crippen LogP contribution in [0, 0.1) is 0 Å².